The van der Waals surface area contributed by atoms with Crippen LogP contribution in [0.5, 0.6) is 0 Å². The lowest BCUT2D eigenvalue weighted by molar-refractivity contribution is -0.137. The lowest BCUT2D eigenvalue weighted by Gasteiger charge is -2.32. The van der Waals surface area contributed by atoms with E-state index < -0.39 is 17.8 Å². The van der Waals surface area contributed by atoms with Crippen molar-refractivity contribution in [3.8, 4) is 0 Å². The maximum Gasteiger partial charge on any atom is 0.416 e. The molecule has 1 aliphatic heterocycles. The van der Waals surface area contributed by atoms with E-state index in [4.69, 9.17) is 9.47 Å². The summed E-state index contributed by atoms with van der Waals surface area (Å²) in [5.74, 6) is 2.13. The van der Waals surface area contributed by atoms with Gasteiger partial charge in [-0.1, -0.05) is 6.07 Å². The molecule has 134 valence electrons. The Balaban J connectivity index is 1.22. The third-order valence-electron chi connectivity index (χ3n) is 6.38. The van der Waals surface area contributed by atoms with Crippen LogP contribution >= 0.6 is 0 Å². The normalized spacial score (nSPS) is 40.5. The van der Waals surface area contributed by atoms with E-state index in [1.807, 2.05) is 0 Å². The zero-order chi connectivity index (χ0) is 17.3. The fourth-order valence-corrected chi connectivity index (χ4v) is 5.46. The first-order valence-electron chi connectivity index (χ1n) is 8.70. The number of halogens is 3. The van der Waals surface area contributed by atoms with Gasteiger partial charge in [0.05, 0.1) is 17.8 Å². The quantitative estimate of drug-likeness (QED) is 0.816. The van der Waals surface area contributed by atoms with Gasteiger partial charge in [0.2, 0.25) is 0 Å². The number of benzene rings is 1. The molecule has 4 nitrogen and oxygen atoms in total. The lowest BCUT2D eigenvalue weighted by Crippen LogP contribution is -2.35. The monoisotopic (exact) mass is 353 g/mol. The predicted molar refractivity (Wildman–Crippen MR) is 81.8 cm³/mol. The summed E-state index contributed by atoms with van der Waals surface area (Å²) < 4.78 is 49.4. The largest absolute Gasteiger partial charge is 0.446 e. The molecule has 25 heavy (non-hydrogen) atoms. The second-order valence-electron chi connectivity index (χ2n) is 7.66. The number of alkyl halides is 3. The standard InChI is InChI=1S/C18H18F3NO3/c19-18(20,21)9-2-1-3-10(6-9)22-17(23)25-13-5-8-4-11(13)12-7-14-16(24-14)15(8)12/h1-3,6,8,11-16H,4-5,7H2,(H,22,23)/t8-,11+,12+,13-,14+,15-,16-/m1/s1. The highest BCUT2D eigenvalue weighted by Crippen LogP contribution is 2.64. The Labute approximate surface area is 142 Å². The predicted octanol–water partition coefficient (Wildman–Crippen LogP) is 4.07. The Kier molecular flexibility index (Phi) is 3.18. The summed E-state index contributed by atoms with van der Waals surface area (Å²) in [6.45, 7) is 0. The van der Waals surface area contributed by atoms with E-state index in [9.17, 15) is 18.0 Å². The highest BCUT2D eigenvalue weighted by Gasteiger charge is 2.67. The van der Waals surface area contributed by atoms with Crippen molar-refractivity contribution in [2.75, 3.05) is 5.32 Å². The Morgan fingerprint density at radius 3 is 2.84 bits per heavy atom. The first-order chi connectivity index (χ1) is 11.9. The number of carbonyl (C=O) groups is 1. The molecule has 1 heterocycles. The third kappa shape index (κ3) is 2.51. The van der Waals surface area contributed by atoms with E-state index in [1.54, 1.807) is 0 Å². The van der Waals surface area contributed by atoms with Gasteiger partial charge in [0.1, 0.15) is 6.10 Å². The molecule has 1 aromatic carbocycles. The Morgan fingerprint density at radius 2 is 2.04 bits per heavy atom. The molecule has 0 unspecified atom stereocenters. The third-order valence-corrected chi connectivity index (χ3v) is 6.38. The molecule has 1 aromatic rings. The van der Waals surface area contributed by atoms with Crippen LogP contribution in [0.1, 0.15) is 24.8 Å². The fraction of sp³-hybridized carbons (Fsp3) is 0.611. The van der Waals surface area contributed by atoms with Crippen LogP contribution in [0, 0.1) is 23.7 Å². The summed E-state index contributed by atoms with van der Waals surface area (Å²) in [5.41, 5.74) is -0.699. The first kappa shape index (κ1) is 15.5. The molecule has 3 saturated carbocycles. The van der Waals surface area contributed by atoms with E-state index in [0.717, 1.165) is 31.4 Å². The highest BCUT2D eigenvalue weighted by atomic mass is 19.4. The number of rotatable bonds is 2. The van der Waals surface area contributed by atoms with Crippen LogP contribution < -0.4 is 5.32 Å². The molecule has 7 atom stereocenters. The number of hydrogen-bond acceptors (Lipinski definition) is 3. The molecule has 0 spiro atoms. The minimum atomic E-state index is -4.44. The summed E-state index contributed by atoms with van der Waals surface area (Å²) >= 11 is 0. The van der Waals surface area contributed by atoms with Crippen molar-refractivity contribution in [3.63, 3.8) is 0 Å². The summed E-state index contributed by atoms with van der Waals surface area (Å²) in [6.07, 6.45) is -1.42. The van der Waals surface area contributed by atoms with Crippen molar-refractivity contribution in [2.24, 2.45) is 23.7 Å². The Bertz CT molecular complexity index is 722. The van der Waals surface area contributed by atoms with Gasteiger partial charge in [-0.3, -0.25) is 5.32 Å². The van der Waals surface area contributed by atoms with Crippen LogP contribution in [0.2, 0.25) is 0 Å². The number of anilines is 1. The van der Waals surface area contributed by atoms with E-state index in [2.05, 4.69) is 5.32 Å². The van der Waals surface area contributed by atoms with Gasteiger partial charge in [-0.25, -0.2) is 4.79 Å². The zero-order valence-corrected chi connectivity index (χ0v) is 13.3. The summed E-state index contributed by atoms with van der Waals surface area (Å²) in [7, 11) is 0. The van der Waals surface area contributed by atoms with Gasteiger partial charge in [-0.15, -0.1) is 0 Å². The van der Waals surface area contributed by atoms with Gasteiger partial charge in [-0.2, -0.15) is 13.2 Å². The Hall–Kier alpha value is -1.76. The SMILES string of the molecule is O=C(Nc1cccc(C(F)(F)F)c1)O[C@@H]1C[C@H]2C[C@H]1[C@@H]1C[C@@H]3O[C@H]3[C@H]21. The van der Waals surface area contributed by atoms with Crippen LogP contribution in [-0.4, -0.2) is 24.4 Å². The van der Waals surface area contributed by atoms with Crippen molar-refractivity contribution in [1.82, 2.24) is 0 Å². The molecule has 3 aliphatic carbocycles. The van der Waals surface area contributed by atoms with Crippen molar-refractivity contribution in [1.29, 1.82) is 0 Å². The topological polar surface area (TPSA) is 50.9 Å². The van der Waals surface area contributed by atoms with Crippen LogP contribution in [0.3, 0.4) is 0 Å². The maximum atomic E-state index is 12.7. The second kappa shape index (κ2) is 5.13. The second-order valence-corrected chi connectivity index (χ2v) is 7.66. The number of carbonyl (C=O) groups excluding carboxylic acids is 1. The minimum Gasteiger partial charge on any atom is -0.446 e. The smallest absolute Gasteiger partial charge is 0.416 e. The molecule has 2 bridgehead atoms. The van der Waals surface area contributed by atoms with E-state index in [0.29, 0.717) is 35.9 Å². The van der Waals surface area contributed by atoms with Gasteiger partial charge in [0.25, 0.3) is 0 Å². The fourth-order valence-electron chi connectivity index (χ4n) is 5.46. The van der Waals surface area contributed by atoms with Crippen LogP contribution in [-0.2, 0) is 15.7 Å². The molecule has 0 radical (unpaired) electrons. The molecular formula is C18H18F3NO3. The lowest BCUT2D eigenvalue weighted by atomic mass is 9.79. The number of amides is 1. The number of epoxide rings is 1. The van der Waals surface area contributed by atoms with E-state index in [-0.39, 0.29) is 11.8 Å². The van der Waals surface area contributed by atoms with E-state index in [1.165, 1.54) is 12.1 Å². The van der Waals surface area contributed by atoms with Gasteiger partial charge >= 0.3 is 12.3 Å². The van der Waals surface area contributed by atoms with Gasteiger partial charge in [0, 0.05) is 5.69 Å². The number of hydrogen-bond donors (Lipinski definition) is 1. The molecule has 1 amide bonds. The molecule has 7 heteroatoms. The van der Waals surface area contributed by atoms with Crippen molar-refractivity contribution in [3.05, 3.63) is 29.8 Å². The van der Waals surface area contributed by atoms with Crippen LogP contribution in [0.15, 0.2) is 24.3 Å². The molecule has 1 saturated heterocycles. The molecule has 4 fully saturated rings. The molecule has 0 aromatic heterocycles. The van der Waals surface area contributed by atoms with Gasteiger partial charge < -0.3 is 9.47 Å². The van der Waals surface area contributed by atoms with Crippen molar-refractivity contribution in [2.45, 2.75) is 43.8 Å². The molecule has 1 N–H and O–H groups in total. The number of nitrogens with one attached hydrogen (secondary N) is 1. The first-order valence-corrected chi connectivity index (χ1v) is 8.70. The minimum absolute atomic E-state index is 0.0939. The van der Waals surface area contributed by atoms with Crippen molar-refractivity contribution < 1.29 is 27.4 Å². The van der Waals surface area contributed by atoms with Crippen LogP contribution in [0.25, 0.3) is 0 Å². The molecule has 4 aliphatic rings. The average Bonchev–Trinajstić information content (AvgIpc) is 2.91. The van der Waals surface area contributed by atoms with Crippen LogP contribution in [0.4, 0.5) is 23.7 Å². The Morgan fingerprint density at radius 1 is 1.20 bits per heavy atom. The summed E-state index contributed by atoms with van der Waals surface area (Å²) in [6, 6.07) is 4.58. The number of fused-ring (bicyclic) bond motifs is 7. The van der Waals surface area contributed by atoms with E-state index >= 15 is 0 Å². The highest BCUT2D eigenvalue weighted by molar-refractivity contribution is 5.84. The van der Waals surface area contributed by atoms with Crippen molar-refractivity contribution >= 4 is 11.8 Å². The summed E-state index contributed by atoms with van der Waals surface area (Å²) in [4.78, 5) is 12.1. The average molecular weight is 353 g/mol. The number of ether oxygens (including phenoxy) is 2. The maximum absolute atomic E-state index is 12.7. The summed E-state index contributed by atoms with van der Waals surface area (Å²) in [5, 5.41) is 2.43. The van der Waals surface area contributed by atoms with Gasteiger partial charge in [0.15, 0.2) is 0 Å². The molecular weight excluding hydrogens is 335 g/mol. The van der Waals surface area contributed by atoms with Gasteiger partial charge in [-0.05, 0) is 61.1 Å². The molecule has 5 rings (SSSR count). The zero-order valence-electron chi connectivity index (χ0n) is 13.3.